The summed E-state index contributed by atoms with van der Waals surface area (Å²) >= 11 is 0. The van der Waals surface area contributed by atoms with Gasteiger partial charge < -0.3 is 14.5 Å². The number of methoxy groups -OCH3 is 1. The quantitative estimate of drug-likeness (QED) is 0.597. The Labute approximate surface area is 199 Å². The fraction of sp³-hybridized carbons (Fsp3) is 0.522. The van der Waals surface area contributed by atoms with Crippen molar-refractivity contribution in [3.63, 3.8) is 0 Å². The number of ether oxygens (including phenoxy) is 2. The summed E-state index contributed by atoms with van der Waals surface area (Å²) in [5.74, 6) is -4.67. The van der Waals surface area contributed by atoms with Gasteiger partial charge in [0.25, 0.3) is 0 Å². The average Bonchev–Trinajstić information content (AvgIpc) is 2.79. The predicted molar refractivity (Wildman–Crippen MR) is 118 cm³/mol. The largest absolute Gasteiger partial charge is 0.493 e. The molecule has 0 bridgehead atoms. The van der Waals surface area contributed by atoms with Crippen molar-refractivity contribution in [3.05, 3.63) is 57.0 Å². The van der Waals surface area contributed by atoms with E-state index in [1.165, 1.54) is 19.2 Å². The zero-order valence-corrected chi connectivity index (χ0v) is 20.1. The van der Waals surface area contributed by atoms with Crippen LogP contribution in [0.4, 0.5) is 22.0 Å². The standard InChI is InChI=1S/C23H25F5N2O4S/c1-22(23(26,27)28)10-13(12-6-7-15(24)19(25)20(12)33-3)14(11-34-22)17-9-18(31)21-16(30-17)5-4-8-35(21,32)29-2/h6-7,9,13-14H,4-5,8,10-11H2,1-3H3,(H,30,31)/t13-,14+,22+,35?/m0/s1. The van der Waals surface area contributed by atoms with Gasteiger partial charge in [0.15, 0.2) is 22.6 Å². The third-order valence-electron chi connectivity index (χ3n) is 6.90. The molecule has 1 aromatic carbocycles. The molecule has 0 spiro atoms. The molecule has 0 aliphatic carbocycles. The number of aromatic nitrogens is 1. The number of H-pyrrole nitrogens is 1. The number of alkyl halides is 3. The van der Waals surface area contributed by atoms with Gasteiger partial charge in [0.1, 0.15) is 4.90 Å². The molecule has 12 heteroatoms. The van der Waals surface area contributed by atoms with Crippen molar-refractivity contribution in [2.45, 2.75) is 54.7 Å². The van der Waals surface area contributed by atoms with Gasteiger partial charge in [-0.15, -0.1) is 0 Å². The zero-order valence-electron chi connectivity index (χ0n) is 19.3. The van der Waals surface area contributed by atoms with E-state index in [4.69, 9.17) is 9.47 Å². The Hall–Kier alpha value is -2.47. The highest BCUT2D eigenvalue weighted by Gasteiger charge is 2.57. The number of aryl methyl sites for hydroxylation is 1. The summed E-state index contributed by atoms with van der Waals surface area (Å²) in [6.07, 6.45) is -4.43. The normalized spacial score (nSPS) is 28.9. The first-order chi connectivity index (χ1) is 16.3. The van der Waals surface area contributed by atoms with Crippen LogP contribution in [0.1, 0.15) is 48.6 Å². The third kappa shape index (κ3) is 4.24. The maximum Gasteiger partial charge on any atom is 0.417 e. The maximum atomic E-state index is 14.5. The highest BCUT2D eigenvalue weighted by atomic mass is 32.2. The zero-order chi connectivity index (χ0) is 25.8. The Bertz CT molecular complexity index is 1330. The molecule has 1 N–H and O–H groups in total. The number of benzene rings is 1. The molecule has 1 fully saturated rings. The van der Waals surface area contributed by atoms with Crippen molar-refractivity contribution in [2.75, 3.05) is 26.5 Å². The average molecular weight is 521 g/mol. The Morgan fingerprint density at radius 1 is 1.26 bits per heavy atom. The topological polar surface area (TPSA) is 80.8 Å². The van der Waals surface area contributed by atoms with Crippen molar-refractivity contribution in [1.29, 1.82) is 0 Å². The lowest BCUT2D eigenvalue weighted by molar-refractivity contribution is -0.286. The Balaban J connectivity index is 1.89. The van der Waals surface area contributed by atoms with Crippen molar-refractivity contribution in [1.82, 2.24) is 4.98 Å². The summed E-state index contributed by atoms with van der Waals surface area (Å²) in [7, 11) is -0.421. The number of nitrogens with one attached hydrogen (secondary N) is 1. The molecular formula is C23H25F5N2O4S. The van der Waals surface area contributed by atoms with Crippen LogP contribution in [0, 0.1) is 11.6 Å². The summed E-state index contributed by atoms with van der Waals surface area (Å²) < 4.78 is 97.5. The Morgan fingerprint density at radius 2 is 1.97 bits per heavy atom. The molecule has 2 aliphatic heterocycles. The Morgan fingerprint density at radius 3 is 2.60 bits per heavy atom. The van der Waals surface area contributed by atoms with Crippen LogP contribution in [0.2, 0.25) is 0 Å². The second-order valence-electron chi connectivity index (χ2n) is 8.97. The van der Waals surface area contributed by atoms with E-state index in [0.29, 0.717) is 18.5 Å². The SMILES string of the molecule is CN=S1(=O)CCCc2[nH]c([C@@H]3CO[C@@](C)(C(F)(F)F)C[C@H]3c3ccc(F)c(F)c3OC)cc(=O)c21. The summed E-state index contributed by atoms with van der Waals surface area (Å²) in [5, 5.41) is 0. The molecule has 0 radical (unpaired) electrons. The van der Waals surface area contributed by atoms with Crippen LogP contribution in [-0.4, -0.2) is 47.5 Å². The van der Waals surface area contributed by atoms with E-state index in [-0.39, 0.29) is 21.9 Å². The van der Waals surface area contributed by atoms with E-state index in [2.05, 4.69) is 9.35 Å². The summed E-state index contributed by atoms with van der Waals surface area (Å²) in [5.41, 5.74) is -2.40. The molecule has 1 unspecified atom stereocenters. The third-order valence-corrected chi connectivity index (χ3v) is 9.42. The number of nitrogens with zero attached hydrogens (tertiary/aromatic N) is 1. The minimum atomic E-state index is -4.74. The lowest BCUT2D eigenvalue weighted by Crippen LogP contribution is -2.51. The first-order valence-corrected chi connectivity index (χ1v) is 12.6. The van der Waals surface area contributed by atoms with Gasteiger partial charge >= 0.3 is 6.18 Å². The second kappa shape index (κ2) is 8.88. The van der Waals surface area contributed by atoms with Gasteiger partial charge in [-0.3, -0.25) is 4.79 Å². The van der Waals surface area contributed by atoms with E-state index in [1.54, 1.807) is 0 Å². The number of rotatable bonds is 3. The van der Waals surface area contributed by atoms with Crippen LogP contribution in [0.25, 0.3) is 0 Å². The number of hydrogen-bond acceptors (Lipinski definition) is 5. The van der Waals surface area contributed by atoms with Crippen LogP contribution >= 0.6 is 0 Å². The lowest BCUT2D eigenvalue weighted by atomic mass is 9.74. The van der Waals surface area contributed by atoms with Gasteiger partial charge in [-0.05, 0) is 32.3 Å². The van der Waals surface area contributed by atoms with Crippen molar-refractivity contribution in [2.24, 2.45) is 4.36 Å². The van der Waals surface area contributed by atoms with Crippen LogP contribution in [0.5, 0.6) is 5.75 Å². The molecule has 6 nitrogen and oxygen atoms in total. The van der Waals surface area contributed by atoms with E-state index in [1.807, 2.05) is 0 Å². The summed E-state index contributed by atoms with van der Waals surface area (Å²) in [6.45, 7) is 0.446. The molecule has 0 saturated carbocycles. The molecule has 2 aromatic rings. The van der Waals surface area contributed by atoms with Gasteiger partial charge in [0.2, 0.25) is 5.82 Å². The van der Waals surface area contributed by atoms with Crippen LogP contribution in [-0.2, 0) is 20.9 Å². The molecular weight excluding hydrogens is 495 g/mol. The highest BCUT2D eigenvalue weighted by molar-refractivity contribution is 7.93. The smallest absolute Gasteiger partial charge is 0.417 e. The summed E-state index contributed by atoms with van der Waals surface area (Å²) in [4.78, 5) is 16.2. The molecule has 3 heterocycles. The minimum Gasteiger partial charge on any atom is -0.493 e. The van der Waals surface area contributed by atoms with Crippen molar-refractivity contribution >= 4 is 9.73 Å². The minimum absolute atomic E-state index is 0.0288. The number of hydrogen-bond donors (Lipinski definition) is 1. The molecule has 1 aromatic heterocycles. The molecule has 1 saturated heterocycles. The molecule has 0 amide bonds. The second-order valence-corrected chi connectivity index (χ2v) is 11.4. The van der Waals surface area contributed by atoms with Crippen LogP contribution < -0.4 is 10.2 Å². The summed E-state index contributed by atoms with van der Waals surface area (Å²) in [6, 6.07) is 3.22. The van der Waals surface area contributed by atoms with Crippen LogP contribution in [0.15, 0.2) is 32.3 Å². The van der Waals surface area contributed by atoms with Gasteiger partial charge in [-0.1, -0.05) is 6.07 Å². The van der Waals surface area contributed by atoms with Gasteiger partial charge in [0.05, 0.1) is 23.4 Å². The number of pyridine rings is 1. The van der Waals surface area contributed by atoms with E-state index in [0.717, 1.165) is 20.1 Å². The molecule has 35 heavy (non-hydrogen) atoms. The van der Waals surface area contributed by atoms with E-state index >= 15 is 0 Å². The molecule has 4 atom stereocenters. The lowest BCUT2D eigenvalue weighted by Gasteiger charge is -2.44. The number of fused-ring (bicyclic) bond motifs is 1. The molecule has 192 valence electrons. The van der Waals surface area contributed by atoms with E-state index < -0.39 is 69.2 Å². The van der Waals surface area contributed by atoms with Crippen LogP contribution in [0.3, 0.4) is 0 Å². The maximum absolute atomic E-state index is 14.5. The molecule has 4 rings (SSSR count). The van der Waals surface area contributed by atoms with Crippen molar-refractivity contribution < 1.29 is 35.6 Å². The van der Waals surface area contributed by atoms with E-state index in [9.17, 15) is 31.0 Å². The monoisotopic (exact) mass is 520 g/mol. The number of aromatic amines is 1. The van der Waals surface area contributed by atoms with Gasteiger partial charge in [0, 0.05) is 47.7 Å². The van der Waals surface area contributed by atoms with Gasteiger partial charge in [-0.2, -0.15) is 17.6 Å². The fourth-order valence-electron chi connectivity index (χ4n) is 4.97. The molecule has 2 aliphatic rings. The van der Waals surface area contributed by atoms with Crippen molar-refractivity contribution in [3.8, 4) is 5.75 Å². The predicted octanol–water partition coefficient (Wildman–Crippen LogP) is 4.67. The fourth-order valence-corrected chi connectivity index (χ4v) is 6.98. The first-order valence-electron chi connectivity index (χ1n) is 11.0. The highest BCUT2D eigenvalue weighted by Crippen LogP contribution is 2.51. The van der Waals surface area contributed by atoms with Gasteiger partial charge in [-0.25, -0.2) is 13.0 Å². The first kappa shape index (κ1) is 25.6. The number of halogens is 5. The Kier molecular flexibility index (Phi) is 6.50.